The molecule has 3 aromatic rings. The SMILES string of the molecule is CCOc1ccc2ccccc2c1C(=O)[C@@H]1OC2(CCNCC2)c2ccccc21. The molecule has 1 spiro atoms. The van der Waals surface area contributed by atoms with Gasteiger partial charge in [-0.2, -0.15) is 0 Å². The number of nitrogens with one attached hydrogen (secondary N) is 1. The fraction of sp³-hybridized carbons (Fsp3) is 0.320. The predicted molar refractivity (Wildman–Crippen MR) is 113 cm³/mol. The number of rotatable bonds is 4. The first kappa shape index (κ1) is 18.3. The largest absolute Gasteiger partial charge is 0.493 e. The summed E-state index contributed by atoms with van der Waals surface area (Å²) in [5, 5.41) is 5.35. The van der Waals surface area contributed by atoms with Crippen molar-refractivity contribution in [2.75, 3.05) is 19.7 Å². The summed E-state index contributed by atoms with van der Waals surface area (Å²) in [7, 11) is 0. The second-order valence-electron chi connectivity index (χ2n) is 7.79. The lowest BCUT2D eigenvalue weighted by Gasteiger charge is -2.34. The van der Waals surface area contributed by atoms with E-state index in [0.717, 1.165) is 47.8 Å². The first-order valence-electron chi connectivity index (χ1n) is 10.4. The summed E-state index contributed by atoms with van der Waals surface area (Å²) >= 11 is 0. The molecule has 5 rings (SSSR count). The van der Waals surface area contributed by atoms with Gasteiger partial charge in [-0.15, -0.1) is 0 Å². The summed E-state index contributed by atoms with van der Waals surface area (Å²) in [6, 6.07) is 20.1. The average molecular weight is 387 g/mol. The van der Waals surface area contributed by atoms with Gasteiger partial charge < -0.3 is 14.8 Å². The number of Topliss-reactive ketones (excluding diaryl/α,β-unsaturated/α-hetero) is 1. The molecular formula is C25H25NO3. The van der Waals surface area contributed by atoms with E-state index in [-0.39, 0.29) is 11.4 Å². The first-order valence-corrected chi connectivity index (χ1v) is 10.4. The number of carbonyl (C=O) groups is 1. The van der Waals surface area contributed by atoms with Crippen LogP contribution < -0.4 is 10.1 Å². The number of benzene rings is 3. The lowest BCUT2D eigenvalue weighted by Crippen LogP contribution is -2.40. The van der Waals surface area contributed by atoms with Gasteiger partial charge in [-0.05, 0) is 60.8 Å². The van der Waals surface area contributed by atoms with Gasteiger partial charge in [-0.25, -0.2) is 0 Å². The predicted octanol–water partition coefficient (Wildman–Crippen LogP) is 4.77. The van der Waals surface area contributed by atoms with Crippen molar-refractivity contribution in [3.05, 3.63) is 77.4 Å². The minimum atomic E-state index is -0.602. The van der Waals surface area contributed by atoms with Crippen molar-refractivity contribution in [2.24, 2.45) is 0 Å². The molecule has 1 saturated heterocycles. The third-order valence-electron chi connectivity index (χ3n) is 6.16. The van der Waals surface area contributed by atoms with Gasteiger partial charge in [0.2, 0.25) is 5.78 Å². The van der Waals surface area contributed by atoms with Crippen LogP contribution in [-0.4, -0.2) is 25.5 Å². The van der Waals surface area contributed by atoms with Gasteiger partial charge in [0.1, 0.15) is 11.9 Å². The Morgan fingerprint density at radius 1 is 1.07 bits per heavy atom. The number of ketones is 1. The number of hydrogen-bond acceptors (Lipinski definition) is 4. The summed E-state index contributed by atoms with van der Waals surface area (Å²) in [5.41, 5.74) is 2.40. The number of piperidine rings is 1. The van der Waals surface area contributed by atoms with Crippen LogP contribution in [0.1, 0.15) is 47.4 Å². The Morgan fingerprint density at radius 2 is 1.83 bits per heavy atom. The van der Waals surface area contributed by atoms with Crippen molar-refractivity contribution in [2.45, 2.75) is 31.5 Å². The van der Waals surface area contributed by atoms with Gasteiger partial charge >= 0.3 is 0 Å². The zero-order chi connectivity index (χ0) is 19.8. The molecule has 2 aliphatic heterocycles. The van der Waals surface area contributed by atoms with Crippen LogP contribution in [0.5, 0.6) is 5.75 Å². The molecule has 1 N–H and O–H groups in total. The zero-order valence-electron chi connectivity index (χ0n) is 16.6. The lowest BCUT2D eigenvalue weighted by molar-refractivity contribution is -0.0806. The van der Waals surface area contributed by atoms with E-state index in [4.69, 9.17) is 9.47 Å². The molecule has 0 bridgehead atoms. The monoisotopic (exact) mass is 387 g/mol. The Hall–Kier alpha value is -2.69. The minimum absolute atomic E-state index is 0.0203. The molecule has 2 heterocycles. The molecule has 0 radical (unpaired) electrons. The van der Waals surface area contributed by atoms with Crippen LogP contribution in [-0.2, 0) is 10.3 Å². The van der Waals surface area contributed by atoms with Gasteiger partial charge in [0.05, 0.1) is 17.8 Å². The number of fused-ring (bicyclic) bond motifs is 3. The molecule has 1 fully saturated rings. The van der Waals surface area contributed by atoms with E-state index >= 15 is 0 Å². The molecule has 148 valence electrons. The summed E-state index contributed by atoms with van der Waals surface area (Å²) in [6.07, 6.45) is 1.15. The van der Waals surface area contributed by atoms with Crippen molar-refractivity contribution in [1.82, 2.24) is 5.32 Å². The van der Waals surface area contributed by atoms with Crippen molar-refractivity contribution < 1.29 is 14.3 Å². The van der Waals surface area contributed by atoms with E-state index in [1.54, 1.807) is 0 Å². The molecule has 0 unspecified atom stereocenters. The maximum absolute atomic E-state index is 13.9. The Morgan fingerprint density at radius 3 is 2.66 bits per heavy atom. The highest BCUT2D eigenvalue weighted by atomic mass is 16.5. The van der Waals surface area contributed by atoms with Gasteiger partial charge in [-0.3, -0.25) is 4.79 Å². The maximum Gasteiger partial charge on any atom is 0.200 e. The highest BCUT2D eigenvalue weighted by molar-refractivity contribution is 6.13. The fourth-order valence-electron chi connectivity index (χ4n) is 4.82. The topological polar surface area (TPSA) is 47.6 Å². The van der Waals surface area contributed by atoms with Crippen LogP contribution in [0.3, 0.4) is 0 Å². The minimum Gasteiger partial charge on any atom is -0.493 e. The van der Waals surface area contributed by atoms with Gasteiger partial charge in [0, 0.05) is 0 Å². The van der Waals surface area contributed by atoms with Crippen LogP contribution >= 0.6 is 0 Å². The third kappa shape index (κ3) is 2.95. The van der Waals surface area contributed by atoms with Gasteiger partial charge in [0.15, 0.2) is 0 Å². The Kier molecular flexibility index (Phi) is 4.61. The molecule has 0 aromatic heterocycles. The quantitative estimate of drug-likeness (QED) is 0.655. The summed E-state index contributed by atoms with van der Waals surface area (Å²) in [5.74, 6) is 0.608. The van der Waals surface area contributed by atoms with Crippen molar-refractivity contribution in [3.8, 4) is 5.75 Å². The molecule has 2 aliphatic rings. The molecule has 0 saturated carbocycles. The van der Waals surface area contributed by atoms with Gasteiger partial charge in [0.25, 0.3) is 0 Å². The smallest absolute Gasteiger partial charge is 0.200 e. The number of carbonyl (C=O) groups excluding carboxylic acids is 1. The molecule has 0 amide bonds. The Balaban J connectivity index is 1.64. The van der Waals surface area contributed by atoms with E-state index in [2.05, 4.69) is 11.4 Å². The molecule has 3 aromatic carbocycles. The standard InChI is InChI=1S/C25H25NO3/c1-2-28-21-12-11-17-7-3-4-8-18(17)22(21)23(27)24-19-9-5-6-10-20(19)25(29-24)13-15-26-16-14-25/h3-12,24,26H,2,13-16H2,1H3/t24-/m1/s1. The van der Waals surface area contributed by atoms with Crippen molar-refractivity contribution >= 4 is 16.6 Å². The summed E-state index contributed by atoms with van der Waals surface area (Å²) in [6.45, 7) is 4.24. The second-order valence-corrected chi connectivity index (χ2v) is 7.79. The lowest BCUT2D eigenvalue weighted by atomic mass is 9.83. The molecular weight excluding hydrogens is 362 g/mol. The molecule has 4 nitrogen and oxygen atoms in total. The van der Waals surface area contributed by atoms with Crippen LogP contribution in [0.2, 0.25) is 0 Å². The van der Waals surface area contributed by atoms with Crippen LogP contribution in [0.25, 0.3) is 10.8 Å². The Labute approximate surface area is 170 Å². The fourth-order valence-corrected chi connectivity index (χ4v) is 4.82. The van der Waals surface area contributed by atoms with Crippen molar-refractivity contribution in [1.29, 1.82) is 0 Å². The highest BCUT2D eigenvalue weighted by Gasteiger charge is 2.48. The van der Waals surface area contributed by atoms with E-state index in [0.29, 0.717) is 17.9 Å². The van der Waals surface area contributed by atoms with Crippen LogP contribution in [0.4, 0.5) is 0 Å². The van der Waals surface area contributed by atoms with E-state index < -0.39 is 6.10 Å². The third-order valence-corrected chi connectivity index (χ3v) is 6.16. The second kappa shape index (κ2) is 7.29. The number of hydrogen-bond donors (Lipinski definition) is 1. The molecule has 1 atom stereocenters. The highest BCUT2D eigenvalue weighted by Crippen LogP contribution is 2.50. The first-order chi connectivity index (χ1) is 14.2. The summed E-state index contributed by atoms with van der Waals surface area (Å²) < 4.78 is 12.5. The van der Waals surface area contributed by atoms with Crippen molar-refractivity contribution in [3.63, 3.8) is 0 Å². The normalized spacial score (nSPS) is 20.0. The molecule has 0 aliphatic carbocycles. The average Bonchev–Trinajstić information content (AvgIpc) is 3.08. The van der Waals surface area contributed by atoms with Crippen LogP contribution in [0, 0.1) is 0 Å². The Bertz CT molecular complexity index is 1070. The maximum atomic E-state index is 13.9. The van der Waals surface area contributed by atoms with Gasteiger partial charge in [-0.1, -0.05) is 54.6 Å². The molecule has 29 heavy (non-hydrogen) atoms. The van der Waals surface area contributed by atoms with Crippen LogP contribution in [0.15, 0.2) is 60.7 Å². The summed E-state index contributed by atoms with van der Waals surface area (Å²) in [4.78, 5) is 13.9. The van der Waals surface area contributed by atoms with E-state index in [1.165, 1.54) is 0 Å². The number of ether oxygens (including phenoxy) is 2. The van der Waals surface area contributed by atoms with E-state index in [1.807, 2.05) is 61.5 Å². The zero-order valence-corrected chi connectivity index (χ0v) is 16.6. The van der Waals surface area contributed by atoms with E-state index in [9.17, 15) is 4.79 Å². The molecule has 4 heteroatoms.